The van der Waals surface area contributed by atoms with Crippen LogP contribution in [0.4, 0.5) is 5.69 Å². The molecule has 0 saturated carbocycles. The fourth-order valence-electron chi connectivity index (χ4n) is 2.93. The number of anilines is 1. The Labute approximate surface area is 175 Å². The molecule has 0 saturated heterocycles. The summed E-state index contributed by atoms with van der Waals surface area (Å²) in [5, 5.41) is 7.05. The Balaban J connectivity index is 1.95. The Kier molecular flexibility index (Phi) is 6.18. The summed E-state index contributed by atoms with van der Waals surface area (Å²) in [7, 11) is 0.496. The lowest BCUT2D eigenvalue weighted by atomic mass is 10.2. The van der Waals surface area contributed by atoms with Crippen molar-refractivity contribution in [3.63, 3.8) is 0 Å². The first kappa shape index (κ1) is 21.5. The Bertz CT molecular complexity index is 1160. The van der Waals surface area contributed by atoms with Crippen LogP contribution in [0.3, 0.4) is 0 Å². The van der Waals surface area contributed by atoms with Crippen molar-refractivity contribution in [3.05, 3.63) is 60.0 Å². The van der Waals surface area contributed by atoms with Gasteiger partial charge in [-0.25, -0.2) is 22.4 Å². The van der Waals surface area contributed by atoms with Gasteiger partial charge in [0.25, 0.3) is 5.91 Å². The number of sulfonamides is 1. The largest absolute Gasteiger partial charge is 0.495 e. The van der Waals surface area contributed by atoms with Gasteiger partial charge in [-0.3, -0.25) is 4.79 Å². The summed E-state index contributed by atoms with van der Waals surface area (Å²) in [4.78, 5) is 17.1. The second kappa shape index (κ2) is 8.64. The quantitative estimate of drug-likeness (QED) is 0.618. The van der Waals surface area contributed by atoms with E-state index in [0.29, 0.717) is 29.2 Å². The number of carbonyl (C=O) groups is 1. The number of rotatable bonds is 7. The molecule has 0 aliphatic carbocycles. The molecule has 30 heavy (non-hydrogen) atoms. The lowest BCUT2D eigenvalue weighted by molar-refractivity contribution is 0.102. The maximum Gasteiger partial charge on any atom is 0.259 e. The van der Waals surface area contributed by atoms with Gasteiger partial charge >= 0.3 is 0 Å². The molecule has 1 amide bonds. The molecule has 158 valence electrons. The minimum atomic E-state index is -3.76. The third kappa shape index (κ3) is 4.05. The average Bonchev–Trinajstić information content (AvgIpc) is 3.18. The number of benzene rings is 1. The minimum absolute atomic E-state index is 0.0345. The molecular formula is C20H23N5O4S. The van der Waals surface area contributed by atoms with Gasteiger partial charge in [0.1, 0.15) is 10.6 Å². The molecule has 0 spiro atoms. The van der Waals surface area contributed by atoms with E-state index in [1.807, 2.05) is 13.0 Å². The Morgan fingerprint density at radius 1 is 1.23 bits per heavy atom. The van der Waals surface area contributed by atoms with Crippen molar-refractivity contribution >= 4 is 21.6 Å². The van der Waals surface area contributed by atoms with E-state index in [0.717, 1.165) is 4.31 Å². The fourth-order valence-corrected chi connectivity index (χ4v) is 4.01. The SMILES string of the molecule is CCc1c(C(=O)Nc2ccc(OC)c(S(=O)(=O)N(C)C)c2)cnn1-c1ccccn1. The van der Waals surface area contributed by atoms with Gasteiger partial charge in [-0.2, -0.15) is 5.10 Å². The van der Waals surface area contributed by atoms with Crippen molar-refractivity contribution in [1.82, 2.24) is 19.1 Å². The Hall–Kier alpha value is -3.24. The highest BCUT2D eigenvalue weighted by atomic mass is 32.2. The van der Waals surface area contributed by atoms with E-state index in [1.54, 1.807) is 29.1 Å². The van der Waals surface area contributed by atoms with Crippen LogP contribution in [0.15, 0.2) is 53.7 Å². The van der Waals surface area contributed by atoms with Crippen molar-refractivity contribution in [3.8, 4) is 11.6 Å². The first-order valence-electron chi connectivity index (χ1n) is 9.19. The summed E-state index contributed by atoms with van der Waals surface area (Å²) in [5.41, 5.74) is 1.41. The topological polar surface area (TPSA) is 106 Å². The number of hydrogen-bond donors (Lipinski definition) is 1. The molecule has 9 nitrogen and oxygen atoms in total. The molecule has 0 fully saturated rings. The minimum Gasteiger partial charge on any atom is -0.495 e. The zero-order valence-corrected chi connectivity index (χ0v) is 18.0. The van der Waals surface area contributed by atoms with E-state index in [-0.39, 0.29) is 10.6 Å². The summed E-state index contributed by atoms with van der Waals surface area (Å²) in [6.07, 6.45) is 3.69. The Morgan fingerprint density at radius 3 is 2.60 bits per heavy atom. The van der Waals surface area contributed by atoms with Crippen LogP contribution >= 0.6 is 0 Å². The van der Waals surface area contributed by atoms with Crippen molar-refractivity contribution < 1.29 is 17.9 Å². The van der Waals surface area contributed by atoms with Crippen LogP contribution in [-0.4, -0.2) is 54.6 Å². The standard InChI is InChI=1S/C20H23N5O4S/c1-5-16-15(13-22-25(16)19-8-6-7-11-21-19)20(26)23-14-9-10-17(29-4)18(12-14)30(27,28)24(2)3/h6-13H,5H2,1-4H3,(H,23,26). The molecule has 1 aromatic carbocycles. The second-order valence-corrected chi connectivity index (χ2v) is 8.69. The predicted octanol–water partition coefficient (Wildman–Crippen LogP) is 2.34. The molecule has 0 unspecified atom stereocenters. The molecule has 3 rings (SSSR count). The number of methoxy groups -OCH3 is 1. The summed E-state index contributed by atoms with van der Waals surface area (Å²) in [6.45, 7) is 1.92. The lowest BCUT2D eigenvalue weighted by Crippen LogP contribution is -2.23. The smallest absolute Gasteiger partial charge is 0.259 e. The van der Waals surface area contributed by atoms with E-state index in [9.17, 15) is 13.2 Å². The van der Waals surface area contributed by atoms with Gasteiger partial charge < -0.3 is 10.1 Å². The van der Waals surface area contributed by atoms with Gasteiger partial charge in [0.2, 0.25) is 10.0 Å². The second-order valence-electron chi connectivity index (χ2n) is 6.57. The van der Waals surface area contributed by atoms with Gasteiger partial charge in [0, 0.05) is 26.0 Å². The highest BCUT2D eigenvalue weighted by molar-refractivity contribution is 7.89. The normalized spacial score (nSPS) is 11.5. The lowest BCUT2D eigenvalue weighted by Gasteiger charge is -2.16. The predicted molar refractivity (Wildman–Crippen MR) is 113 cm³/mol. The maximum atomic E-state index is 12.9. The van der Waals surface area contributed by atoms with Crippen LogP contribution in [0.1, 0.15) is 23.0 Å². The van der Waals surface area contributed by atoms with Crippen molar-refractivity contribution in [2.24, 2.45) is 0 Å². The van der Waals surface area contributed by atoms with E-state index < -0.39 is 15.9 Å². The van der Waals surface area contributed by atoms with Crippen molar-refractivity contribution in [2.45, 2.75) is 18.2 Å². The number of nitrogens with one attached hydrogen (secondary N) is 1. The molecule has 10 heteroatoms. The molecular weight excluding hydrogens is 406 g/mol. The number of amides is 1. The van der Waals surface area contributed by atoms with E-state index in [4.69, 9.17) is 4.74 Å². The van der Waals surface area contributed by atoms with Gasteiger partial charge in [-0.15, -0.1) is 0 Å². The third-order valence-electron chi connectivity index (χ3n) is 4.49. The first-order chi connectivity index (χ1) is 14.3. The van der Waals surface area contributed by atoms with E-state index in [1.165, 1.54) is 39.5 Å². The molecule has 0 aliphatic heterocycles. The zero-order valence-electron chi connectivity index (χ0n) is 17.2. The van der Waals surface area contributed by atoms with Crippen LogP contribution in [0.2, 0.25) is 0 Å². The van der Waals surface area contributed by atoms with E-state index in [2.05, 4.69) is 15.4 Å². The maximum absolute atomic E-state index is 12.9. The molecule has 0 radical (unpaired) electrons. The summed E-state index contributed by atoms with van der Waals surface area (Å²) in [5.74, 6) is 0.406. The third-order valence-corrected chi connectivity index (χ3v) is 6.33. The average molecular weight is 430 g/mol. The van der Waals surface area contributed by atoms with Gasteiger partial charge in [-0.1, -0.05) is 13.0 Å². The summed E-state index contributed by atoms with van der Waals surface area (Å²) in [6, 6.07) is 9.91. The van der Waals surface area contributed by atoms with Gasteiger partial charge in [0.15, 0.2) is 5.82 Å². The highest BCUT2D eigenvalue weighted by Gasteiger charge is 2.24. The van der Waals surface area contributed by atoms with Crippen molar-refractivity contribution in [1.29, 1.82) is 0 Å². The molecule has 1 N–H and O–H groups in total. The monoisotopic (exact) mass is 429 g/mol. The van der Waals surface area contributed by atoms with Crippen LogP contribution in [0.25, 0.3) is 5.82 Å². The van der Waals surface area contributed by atoms with E-state index >= 15 is 0 Å². The zero-order chi connectivity index (χ0) is 21.9. The highest BCUT2D eigenvalue weighted by Crippen LogP contribution is 2.29. The molecule has 0 bridgehead atoms. The summed E-state index contributed by atoms with van der Waals surface area (Å²) >= 11 is 0. The number of carbonyl (C=O) groups excluding carboxylic acids is 1. The number of pyridine rings is 1. The number of ether oxygens (including phenoxy) is 1. The molecule has 3 aromatic rings. The number of aromatic nitrogens is 3. The molecule has 2 aromatic heterocycles. The fraction of sp³-hybridized carbons (Fsp3) is 0.250. The van der Waals surface area contributed by atoms with Crippen LogP contribution in [0.5, 0.6) is 5.75 Å². The van der Waals surface area contributed by atoms with Crippen LogP contribution < -0.4 is 10.1 Å². The first-order valence-corrected chi connectivity index (χ1v) is 10.6. The Morgan fingerprint density at radius 2 is 2.00 bits per heavy atom. The van der Waals surface area contributed by atoms with Gasteiger partial charge in [0.05, 0.1) is 24.6 Å². The number of nitrogens with zero attached hydrogens (tertiary/aromatic N) is 4. The van der Waals surface area contributed by atoms with Crippen LogP contribution in [0, 0.1) is 0 Å². The van der Waals surface area contributed by atoms with Gasteiger partial charge in [-0.05, 0) is 36.8 Å². The summed E-state index contributed by atoms with van der Waals surface area (Å²) < 4.78 is 33.1. The van der Waals surface area contributed by atoms with Crippen LogP contribution in [-0.2, 0) is 16.4 Å². The van der Waals surface area contributed by atoms with Crippen molar-refractivity contribution in [2.75, 3.05) is 26.5 Å². The number of hydrogen-bond acceptors (Lipinski definition) is 6. The molecule has 0 aliphatic rings. The molecule has 0 atom stereocenters. The molecule has 2 heterocycles.